The zero-order chi connectivity index (χ0) is 11.4. The molecule has 0 aliphatic carbocycles. The number of thiophene rings is 1. The van der Waals surface area contributed by atoms with Gasteiger partial charge in [0.05, 0.1) is 0 Å². The molecule has 2 aromatic rings. The van der Waals surface area contributed by atoms with Crippen molar-refractivity contribution >= 4 is 11.3 Å². The Morgan fingerprint density at radius 3 is 2.44 bits per heavy atom. The van der Waals surface area contributed by atoms with Gasteiger partial charge in [0.15, 0.2) is 0 Å². The summed E-state index contributed by atoms with van der Waals surface area (Å²) in [5.41, 5.74) is 1.16. The Balaban J connectivity index is 2.44. The summed E-state index contributed by atoms with van der Waals surface area (Å²) in [6.45, 7) is 2.10. The normalized spacial score (nSPS) is 14.6. The quantitative estimate of drug-likeness (QED) is 0.850. The Hall–Kier alpha value is -1.12. The van der Waals surface area contributed by atoms with Crippen LogP contribution in [0.5, 0.6) is 0 Å². The zero-order valence-corrected chi connectivity index (χ0v) is 10.2. The number of hydrogen-bond donors (Lipinski definition) is 1. The third-order valence-corrected chi connectivity index (χ3v) is 3.55. The molecule has 0 radical (unpaired) electrons. The van der Waals surface area contributed by atoms with E-state index in [-0.39, 0.29) is 0 Å². The van der Waals surface area contributed by atoms with Gasteiger partial charge in [-0.15, -0.1) is 0 Å². The molecular formula is C14H16OS. The highest BCUT2D eigenvalue weighted by atomic mass is 32.1. The Bertz CT molecular complexity index is 421. The lowest BCUT2D eigenvalue weighted by atomic mass is 9.84. The molecule has 1 atom stereocenters. The van der Waals surface area contributed by atoms with E-state index >= 15 is 0 Å². The van der Waals surface area contributed by atoms with Crippen LogP contribution in [0.1, 0.15) is 30.9 Å². The van der Waals surface area contributed by atoms with Gasteiger partial charge in [0, 0.05) is 0 Å². The third-order valence-electron chi connectivity index (χ3n) is 2.86. The van der Waals surface area contributed by atoms with Crippen LogP contribution in [0.4, 0.5) is 0 Å². The molecule has 1 N–H and O–H groups in total. The van der Waals surface area contributed by atoms with Gasteiger partial charge in [-0.3, -0.25) is 0 Å². The van der Waals surface area contributed by atoms with E-state index in [0.29, 0.717) is 0 Å². The molecule has 0 bridgehead atoms. The summed E-state index contributed by atoms with van der Waals surface area (Å²) in [6.07, 6.45) is 1.72. The van der Waals surface area contributed by atoms with Gasteiger partial charge in [0.2, 0.25) is 0 Å². The first kappa shape index (κ1) is 11.4. The van der Waals surface area contributed by atoms with E-state index in [9.17, 15) is 5.11 Å². The second-order valence-corrected chi connectivity index (χ2v) is 4.77. The van der Waals surface area contributed by atoms with Crippen LogP contribution in [-0.2, 0) is 5.60 Å². The van der Waals surface area contributed by atoms with Gasteiger partial charge in [-0.1, -0.05) is 43.7 Å². The lowest BCUT2D eigenvalue weighted by Crippen LogP contribution is -2.26. The molecule has 16 heavy (non-hydrogen) atoms. The van der Waals surface area contributed by atoms with E-state index < -0.39 is 5.60 Å². The number of rotatable bonds is 4. The van der Waals surface area contributed by atoms with Crippen molar-refractivity contribution in [2.45, 2.75) is 25.4 Å². The fourth-order valence-electron chi connectivity index (χ4n) is 2.03. The van der Waals surface area contributed by atoms with E-state index in [1.165, 1.54) is 0 Å². The highest BCUT2D eigenvalue weighted by molar-refractivity contribution is 7.08. The minimum Gasteiger partial charge on any atom is -0.380 e. The van der Waals surface area contributed by atoms with Gasteiger partial charge < -0.3 is 5.11 Å². The van der Waals surface area contributed by atoms with Crippen molar-refractivity contribution in [3.05, 3.63) is 58.3 Å². The molecule has 2 heteroatoms. The maximum atomic E-state index is 10.8. The Labute approximate surface area is 100 Å². The number of aliphatic hydroxyl groups is 1. The molecule has 0 aliphatic heterocycles. The van der Waals surface area contributed by atoms with Crippen LogP contribution in [-0.4, -0.2) is 5.11 Å². The third kappa shape index (κ3) is 2.04. The van der Waals surface area contributed by atoms with Crippen molar-refractivity contribution in [1.82, 2.24) is 0 Å². The average Bonchev–Trinajstić information content (AvgIpc) is 2.84. The molecule has 0 amide bonds. The average molecular weight is 232 g/mol. The predicted octanol–water partition coefficient (Wildman–Crippen LogP) is 3.78. The van der Waals surface area contributed by atoms with Crippen LogP contribution in [0.2, 0.25) is 0 Å². The summed E-state index contributed by atoms with van der Waals surface area (Å²) < 4.78 is 0. The molecule has 1 nitrogen and oxygen atoms in total. The monoisotopic (exact) mass is 232 g/mol. The van der Waals surface area contributed by atoms with Gasteiger partial charge in [-0.05, 0) is 34.4 Å². The molecule has 0 spiro atoms. The summed E-state index contributed by atoms with van der Waals surface area (Å²) in [5.74, 6) is 0. The summed E-state index contributed by atoms with van der Waals surface area (Å²) in [4.78, 5) is 0. The topological polar surface area (TPSA) is 20.2 Å². The maximum Gasteiger partial charge on any atom is 0.115 e. The Morgan fingerprint density at radius 2 is 1.88 bits per heavy atom. The Kier molecular flexibility index (Phi) is 3.42. The highest BCUT2D eigenvalue weighted by Crippen LogP contribution is 2.34. The van der Waals surface area contributed by atoms with Crippen molar-refractivity contribution < 1.29 is 5.11 Å². The number of benzene rings is 1. The van der Waals surface area contributed by atoms with Crippen LogP contribution in [0.25, 0.3) is 0 Å². The lowest BCUT2D eigenvalue weighted by Gasteiger charge is -2.27. The molecule has 2 rings (SSSR count). The minimum atomic E-state index is -0.823. The highest BCUT2D eigenvalue weighted by Gasteiger charge is 2.30. The van der Waals surface area contributed by atoms with Crippen molar-refractivity contribution in [2.75, 3.05) is 0 Å². The van der Waals surface area contributed by atoms with Crippen LogP contribution in [0.15, 0.2) is 47.2 Å². The first-order valence-corrected chi connectivity index (χ1v) is 6.52. The standard InChI is InChI=1S/C14H16OS/c1-2-9-14(15,13-8-10-16-11-13)12-6-4-3-5-7-12/h3-8,10-11,15H,2,9H2,1H3. The first-order valence-electron chi connectivity index (χ1n) is 5.58. The van der Waals surface area contributed by atoms with Crippen LogP contribution in [0.3, 0.4) is 0 Å². The largest absolute Gasteiger partial charge is 0.380 e. The molecule has 1 heterocycles. The molecule has 1 aromatic carbocycles. The fourth-order valence-corrected chi connectivity index (χ4v) is 2.75. The minimum absolute atomic E-state index is 0.758. The van der Waals surface area contributed by atoms with Gasteiger partial charge >= 0.3 is 0 Å². The summed E-state index contributed by atoms with van der Waals surface area (Å²) in [6, 6.07) is 11.9. The summed E-state index contributed by atoms with van der Waals surface area (Å²) in [5, 5.41) is 14.9. The van der Waals surface area contributed by atoms with Gasteiger partial charge in [0.1, 0.15) is 5.60 Å². The van der Waals surface area contributed by atoms with E-state index in [1.54, 1.807) is 11.3 Å². The molecule has 84 valence electrons. The van der Waals surface area contributed by atoms with Crippen LogP contribution < -0.4 is 0 Å². The first-order chi connectivity index (χ1) is 7.77. The molecule has 0 fully saturated rings. The van der Waals surface area contributed by atoms with Crippen molar-refractivity contribution in [1.29, 1.82) is 0 Å². The number of hydrogen-bond acceptors (Lipinski definition) is 2. The molecule has 0 saturated carbocycles. The SMILES string of the molecule is CCCC(O)(c1ccccc1)c1ccsc1. The van der Waals surface area contributed by atoms with Gasteiger partial charge in [0.25, 0.3) is 0 Å². The lowest BCUT2D eigenvalue weighted by molar-refractivity contribution is 0.0706. The van der Waals surface area contributed by atoms with Gasteiger partial charge in [-0.25, -0.2) is 0 Å². The zero-order valence-electron chi connectivity index (χ0n) is 9.39. The van der Waals surface area contributed by atoms with Crippen LogP contribution in [0, 0.1) is 0 Å². The molecule has 1 aromatic heterocycles. The van der Waals surface area contributed by atoms with E-state index in [2.05, 4.69) is 6.92 Å². The Morgan fingerprint density at radius 1 is 1.12 bits per heavy atom. The molecule has 0 aliphatic rings. The van der Waals surface area contributed by atoms with Gasteiger partial charge in [-0.2, -0.15) is 11.3 Å². The summed E-state index contributed by atoms with van der Waals surface area (Å²) in [7, 11) is 0. The maximum absolute atomic E-state index is 10.8. The van der Waals surface area contributed by atoms with E-state index in [1.807, 2.05) is 47.2 Å². The van der Waals surface area contributed by atoms with Crippen molar-refractivity contribution in [2.24, 2.45) is 0 Å². The van der Waals surface area contributed by atoms with Crippen LogP contribution >= 0.6 is 11.3 Å². The van der Waals surface area contributed by atoms with Crippen molar-refractivity contribution in [3.63, 3.8) is 0 Å². The van der Waals surface area contributed by atoms with E-state index in [0.717, 1.165) is 24.0 Å². The van der Waals surface area contributed by atoms with Crippen molar-refractivity contribution in [3.8, 4) is 0 Å². The predicted molar refractivity (Wildman–Crippen MR) is 68.7 cm³/mol. The summed E-state index contributed by atoms with van der Waals surface area (Å²) >= 11 is 1.63. The second-order valence-electron chi connectivity index (χ2n) is 3.99. The molecular weight excluding hydrogens is 216 g/mol. The smallest absolute Gasteiger partial charge is 0.115 e. The molecule has 1 unspecified atom stereocenters. The van der Waals surface area contributed by atoms with E-state index in [4.69, 9.17) is 0 Å². The second kappa shape index (κ2) is 4.81. The fraction of sp³-hybridized carbons (Fsp3) is 0.286. The molecule has 0 saturated heterocycles.